The highest BCUT2D eigenvalue weighted by Gasteiger charge is 2.06. The minimum absolute atomic E-state index is 0.143. The summed E-state index contributed by atoms with van der Waals surface area (Å²) in [6.45, 7) is 3.40. The molecule has 0 atom stereocenters. The molecule has 2 N–H and O–H groups in total. The minimum Gasteiger partial charge on any atom is -0.508 e. The Bertz CT molecular complexity index is 605. The number of aromatic amines is 1. The maximum Gasteiger partial charge on any atom is 0.254 e. The van der Waals surface area contributed by atoms with Crippen LogP contribution in [0.4, 0.5) is 0 Å². The fourth-order valence-corrected chi connectivity index (χ4v) is 1.43. The van der Waals surface area contributed by atoms with Crippen LogP contribution in [0.1, 0.15) is 11.4 Å². The molecular weight excluding hydrogens is 220 g/mol. The largest absolute Gasteiger partial charge is 0.508 e. The van der Waals surface area contributed by atoms with Crippen molar-refractivity contribution in [3.05, 3.63) is 46.0 Å². The zero-order valence-electron chi connectivity index (χ0n) is 9.52. The lowest BCUT2D eigenvalue weighted by molar-refractivity contribution is 0.437. The van der Waals surface area contributed by atoms with Crippen LogP contribution in [0.3, 0.4) is 0 Å². The Balaban J connectivity index is 2.38. The topological polar surface area (TPSA) is 75.2 Å². The molecule has 1 heterocycles. The first-order valence-corrected chi connectivity index (χ1v) is 5.10. The van der Waals surface area contributed by atoms with E-state index in [1.54, 1.807) is 32.0 Å². The second-order valence-electron chi connectivity index (χ2n) is 3.67. The SMILES string of the molecule is Cc1nc(Oc2cccc(O)c2C)cc(=O)[nH]1. The summed E-state index contributed by atoms with van der Waals surface area (Å²) in [5.41, 5.74) is 0.331. The van der Waals surface area contributed by atoms with E-state index in [0.717, 1.165) is 0 Å². The Hall–Kier alpha value is -2.30. The normalized spacial score (nSPS) is 10.2. The molecule has 0 amide bonds. The molecular formula is C12H12N2O3. The van der Waals surface area contributed by atoms with E-state index in [0.29, 0.717) is 17.1 Å². The number of ether oxygens (including phenoxy) is 1. The summed E-state index contributed by atoms with van der Waals surface area (Å²) in [6.07, 6.45) is 0. The quantitative estimate of drug-likeness (QED) is 0.829. The second kappa shape index (κ2) is 4.29. The summed E-state index contributed by atoms with van der Waals surface area (Å²) >= 11 is 0. The molecule has 5 nitrogen and oxygen atoms in total. The molecule has 2 rings (SSSR count). The number of aryl methyl sites for hydroxylation is 1. The van der Waals surface area contributed by atoms with Crippen LogP contribution < -0.4 is 10.3 Å². The van der Waals surface area contributed by atoms with Crippen LogP contribution in [0.25, 0.3) is 0 Å². The van der Waals surface area contributed by atoms with Crippen LogP contribution in [0, 0.1) is 13.8 Å². The number of benzene rings is 1. The third-order valence-corrected chi connectivity index (χ3v) is 2.31. The minimum atomic E-state index is -0.273. The van der Waals surface area contributed by atoms with E-state index < -0.39 is 0 Å². The van der Waals surface area contributed by atoms with Crippen molar-refractivity contribution in [1.82, 2.24) is 9.97 Å². The monoisotopic (exact) mass is 232 g/mol. The zero-order chi connectivity index (χ0) is 12.4. The molecule has 5 heteroatoms. The van der Waals surface area contributed by atoms with Gasteiger partial charge < -0.3 is 14.8 Å². The van der Waals surface area contributed by atoms with Gasteiger partial charge in [-0.05, 0) is 26.0 Å². The highest BCUT2D eigenvalue weighted by atomic mass is 16.5. The smallest absolute Gasteiger partial charge is 0.254 e. The van der Waals surface area contributed by atoms with E-state index in [1.165, 1.54) is 6.07 Å². The molecule has 0 fully saturated rings. The number of nitrogens with zero attached hydrogens (tertiary/aromatic N) is 1. The maximum absolute atomic E-state index is 11.2. The standard InChI is InChI=1S/C12H12N2O3/c1-7-9(15)4-3-5-10(7)17-12-6-11(16)13-8(2)14-12/h3-6,15H,1-2H3,(H,13,14,16). The summed E-state index contributed by atoms with van der Waals surface area (Å²) in [5.74, 6) is 1.30. The number of aromatic hydroxyl groups is 1. The van der Waals surface area contributed by atoms with Crippen molar-refractivity contribution in [1.29, 1.82) is 0 Å². The summed E-state index contributed by atoms with van der Waals surface area (Å²) < 4.78 is 5.46. The fourth-order valence-electron chi connectivity index (χ4n) is 1.43. The van der Waals surface area contributed by atoms with Gasteiger partial charge in [-0.25, -0.2) is 4.98 Å². The first-order chi connectivity index (χ1) is 8.06. The second-order valence-corrected chi connectivity index (χ2v) is 3.67. The Morgan fingerprint density at radius 1 is 1.35 bits per heavy atom. The highest BCUT2D eigenvalue weighted by molar-refractivity contribution is 5.43. The molecule has 0 spiro atoms. The summed E-state index contributed by atoms with van der Waals surface area (Å²) in [5, 5.41) is 9.52. The Morgan fingerprint density at radius 3 is 2.82 bits per heavy atom. The van der Waals surface area contributed by atoms with Gasteiger partial charge in [0.05, 0.1) is 6.07 Å². The van der Waals surface area contributed by atoms with Crippen LogP contribution in [0.5, 0.6) is 17.4 Å². The van der Waals surface area contributed by atoms with Crippen molar-refractivity contribution in [3.8, 4) is 17.4 Å². The Morgan fingerprint density at radius 2 is 2.12 bits per heavy atom. The molecule has 0 aliphatic rings. The fraction of sp³-hybridized carbons (Fsp3) is 0.167. The molecule has 0 saturated heterocycles. The highest BCUT2D eigenvalue weighted by Crippen LogP contribution is 2.28. The van der Waals surface area contributed by atoms with Gasteiger partial charge in [-0.2, -0.15) is 0 Å². The van der Waals surface area contributed by atoms with E-state index in [1.807, 2.05) is 0 Å². The molecule has 0 unspecified atom stereocenters. The number of rotatable bonds is 2. The summed E-state index contributed by atoms with van der Waals surface area (Å²) in [4.78, 5) is 17.8. The molecule has 17 heavy (non-hydrogen) atoms. The van der Waals surface area contributed by atoms with Crippen molar-refractivity contribution < 1.29 is 9.84 Å². The predicted octanol–water partition coefficient (Wildman–Crippen LogP) is 1.88. The first-order valence-electron chi connectivity index (χ1n) is 5.10. The van der Waals surface area contributed by atoms with Crippen LogP contribution in [-0.2, 0) is 0 Å². The van der Waals surface area contributed by atoms with Gasteiger partial charge in [-0.15, -0.1) is 0 Å². The molecule has 0 bridgehead atoms. The molecule has 2 aromatic rings. The van der Waals surface area contributed by atoms with Gasteiger partial charge >= 0.3 is 0 Å². The summed E-state index contributed by atoms with van der Waals surface area (Å²) in [7, 11) is 0. The van der Waals surface area contributed by atoms with Crippen molar-refractivity contribution in [3.63, 3.8) is 0 Å². The molecule has 0 saturated carbocycles. The molecule has 0 radical (unpaired) electrons. The molecule has 0 aliphatic carbocycles. The average Bonchev–Trinajstić information content (AvgIpc) is 2.23. The number of aromatic nitrogens is 2. The van der Waals surface area contributed by atoms with Crippen LogP contribution in [0.2, 0.25) is 0 Å². The number of hydrogen-bond donors (Lipinski definition) is 2. The van der Waals surface area contributed by atoms with Gasteiger partial charge in [0, 0.05) is 5.56 Å². The lowest BCUT2D eigenvalue weighted by Gasteiger charge is -2.08. The average molecular weight is 232 g/mol. The first kappa shape index (κ1) is 11.2. The van der Waals surface area contributed by atoms with Crippen LogP contribution >= 0.6 is 0 Å². The molecule has 0 aliphatic heterocycles. The third-order valence-electron chi connectivity index (χ3n) is 2.31. The van der Waals surface area contributed by atoms with Crippen molar-refractivity contribution >= 4 is 0 Å². The van der Waals surface area contributed by atoms with E-state index in [2.05, 4.69) is 9.97 Å². The number of phenols is 1. The van der Waals surface area contributed by atoms with E-state index >= 15 is 0 Å². The molecule has 1 aromatic carbocycles. The number of H-pyrrole nitrogens is 1. The van der Waals surface area contributed by atoms with E-state index in [4.69, 9.17) is 4.74 Å². The third kappa shape index (κ3) is 2.44. The van der Waals surface area contributed by atoms with Crippen molar-refractivity contribution in [2.75, 3.05) is 0 Å². The summed E-state index contributed by atoms with van der Waals surface area (Å²) in [6, 6.07) is 6.19. The van der Waals surface area contributed by atoms with Gasteiger partial charge in [0.15, 0.2) is 0 Å². The maximum atomic E-state index is 11.2. The van der Waals surface area contributed by atoms with Gasteiger partial charge in [0.2, 0.25) is 5.88 Å². The molecule has 88 valence electrons. The van der Waals surface area contributed by atoms with Gasteiger partial charge in [-0.3, -0.25) is 4.79 Å². The van der Waals surface area contributed by atoms with E-state index in [9.17, 15) is 9.90 Å². The van der Waals surface area contributed by atoms with Crippen LogP contribution in [0.15, 0.2) is 29.1 Å². The number of phenolic OH excluding ortho intramolecular Hbond substituents is 1. The lowest BCUT2D eigenvalue weighted by Crippen LogP contribution is -2.08. The predicted molar refractivity (Wildman–Crippen MR) is 62.5 cm³/mol. The van der Waals surface area contributed by atoms with Gasteiger partial charge in [0.25, 0.3) is 5.56 Å². The number of hydrogen-bond acceptors (Lipinski definition) is 4. The Kier molecular flexibility index (Phi) is 2.82. The van der Waals surface area contributed by atoms with Crippen LogP contribution in [-0.4, -0.2) is 15.1 Å². The Labute approximate surface area is 97.7 Å². The van der Waals surface area contributed by atoms with Crippen molar-refractivity contribution in [2.45, 2.75) is 13.8 Å². The lowest BCUT2D eigenvalue weighted by atomic mass is 10.2. The van der Waals surface area contributed by atoms with Crippen molar-refractivity contribution in [2.24, 2.45) is 0 Å². The van der Waals surface area contributed by atoms with Gasteiger partial charge in [-0.1, -0.05) is 6.07 Å². The van der Waals surface area contributed by atoms with E-state index in [-0.39, 0.29) is 17.2 Å². The number of nitrogens with one attached hydrogen (secondary N) is 1. The molecule has 1 aromatic heterocycles. The zero-order valence-corrected chi connectivity index (χ0v) is 9.52. The van der Waals surface area contributed by atoms with Gasteiger partial charge in [0.1, 0.15) is 17.3 Å².